The normalized spacial score (nSPS) is 22.5. The minimum atomic E-state index is -0.798. The summed E-state index contributed by atoms with van der Waals surface area (Å²) in [5.74, 6) is 1.00. The predicted octanol–water partition coefficient (Wildman–Crippen LogP) is 11.8. The molecule has 0 amide bonds. The van der Waals surface area contributed by atoms with Gasteiger partial charge in [-0.2, -0.15) is 0 Å². The molecule has 1 saturated heterocycles. The molecule has 1 saturated carbocycles. The quantitative estimate of drug-likeness (QED) is 0.188. The molecule has 3 heteroatoms. The fourth-order valence-corrected chi connectivity index (χ4v) is 11.0. The zero-order chi connectivity index (χ0) is 36.1. The molecule has 0 radical (unpaired) electrons. The molecule has 0 bridgehead atoms. The molecule has 1 spiro atoms. The van der Waals surface area contributed by atoms with Crippen LogP contribution in [0.1, 0.15) is 101 Å². The van der Waals surface area contributed by atoms with E-state index in [0.717, 1.165) is 56.0 Å². The first-order chi connectivity index (χ1) is 24.8. The van der Waals surface area contributed by atoms with Crippen molar-refractivity contribution in [3.63, 3.8) is 0 Å². The lowest BCUT2D eigenvalue weighted by Gasteiger charge is -2.52. The second kappa shape index (κ2) is 11.6. The van der Waals surface area contributed by atoms with E-state index in [2.05, 4.69) is 163 Å². The van der Waals surface area contributed by atoms with Gasteiger partial charge >= 0.3 is 0 Å². The maximum atomic E-state index is 7.76. The third-order valence-corrected chi connectivity index (χ3v) is 12.5. The van der Waals surface area contributed by atoms with E-state index in [0.29, 0.717) is 0 Å². The number of benzene rings is 5. The number of hydrogen-bond acceptors (Lipinski definition) is 3. The smallest absolute Gasteiger partial charge is 0.178 e. The maximum Gasteiger partial charge on any atom is 0.178 e. The first kappa shape index (κ1) is 33.5. The van der Waals surface area contributed by atoms with Gasteiger partial charge in [-0.25, -0.2) is 0 Å². The zero-order valence-electron chi connectivity index (χ0n) is 32.1. The Bertz CT molecular complexity index is 2190. The van der Waals surface area contributed by atoms with E-state index in [4.69, 9.17) is 9.47 Å². The van der Waals surface area contributed by atoms with Crippen molar-refractivity contribution in [2.45, 2.75) is 84.2 Å². The average molecular weight is 688 g/mol. The van der Waals surface area contributed by atoms with E-state index in [1.165, 1.54) is 56.3 Å². The van der Waals surface area contributed by atoms with Gasteiger partial charge in [-0.05, 0) is 86.9 Å². The Morgan fingerprint density at radius 3 is 1.90 bits per heavy atom. The minimum absolute atomic E-state index is 0.0585. The summed E-state index contributed by atoms with van der Waals surface area (Å²) in [6.07, 6.45) is 8.27. The number of morpholine rings is 1. The van der Waals surface area contributed by atoms with Crippen LogP contribution in [0, 0.1) is 10.8 Å². The van der Waals surface area contributed by atoms with Crippen LogP contribution in [0.5, 0.6) is 5.75 Å². The van der Waals surface area contributed by atoms with Crippen LogP contribution in [0.2, 0.25) is 0 Å². The molecule has 1 unspecified atom stereocenters. The van der Waals surface area contributed by atoms with Crippen molar-refractivity contribution in [3.05, 3.63) is 137 Å². The summed E-state index contributed by atoms with van der Waals surface area (Å²) in [6.45, 7) is 20.2. The van der Waals surface area contributed by atoms with Crippen molar-refractivity contribution in [1.82, 2.24) is 0 Å². The summed E-state index contributed by atoms with van der Waals surface area (Å²) in [5.41, 5.74) is 11.4. The van der Waals surface area contributed by atoms with Crippen molar-refractivity contribution in [2.75, 3.05) is 31.2 Å². The third kappa shape index (κ3) is 5.17. The summed E-state index contributed by atoms with van der Waals surface area (Å²) >= 11 is 0. The van der Waals surface area contributed by atoms with Gasteiger partial charge in [-0.15, -0.1) is 0 Å². The van der Waals surface area contributed by atoms with Gasteiger partial charge in [-0.3, -0.25) is 0 Å². The summed E-state index contributed by atoms with van der Waals surface area (Å²) in [7, 11) is 0. The fourth-order valence-electron chi connectivity index (χ4n) is 11.0. The molecule has 2 heterocycles. The Balaban J connectivity index is 1.29. The Morgan fingerprint density at radius 2 is 1.25 bits per heavy atom. The Labute approximate surface area is 310 Å². The highest BCUT2D eigenvalue weighted by atomic mass is 16.5. The van der Waals surface area contributed by atoms with Crippen LogP contribution in [0.25, 0.3) is 28.0 Å². The molecule has 1 atom stereocenters. The number of ether oxygens (including phenoxy) is 2. The molecular weight excluding hydrogens is 635 g/mol. The number of nitrogens with zero attached hydrogens (tertiary/aromatic N) is 1. The monoisotopic (exact) mass is 687 g/mol. The first-order valence-electron chi connectivity index (χ1n) is 19.4. The molecular formula is C49H53NO2. The van der Waals surface area contributed by atoms with Gasteiger partial charge in [0.15, 0.2) is 5.60 Å². The van der Waals surface area contributed by atoms with E-state index in [-0.39, 0.29) is 21.7 Å². The molecule has 4 aliphatic rings. The molecule has 2 fully saturated rings. The molecule has 2 aliphatic carbocycles. The molecule has 9 rings (SSSR count). The molecule has 2 aliphatic heterocycles. The molecule has 5 aromatic rings. The van der Waals surface area contributed by atoms with Crippen molar-refractivity contribution in [1.29, 1.82) is 0 Å². The highest BCUT2D eigenvalue weighted by Crippen LogP contribution is 2.66. The average Bonchev–Trinajstić information content (AvgIpc) is 3.39. The van der Waals surface area contributed by atoms with Crippen LogP contribution < -0.4 is 9.64 Å². The second-order valence-corrected chi connectivity index (χ2v) is 18.7. The molecule has 52 heavy (non-hydrogen) atoms. The lowest BCUT2D eigenvalue weighted by atomic mass is 9.52. The Kier molecular flexibility index (Phi) is 7.46. The third-order valence-electron chi connectivity index (χ3n) is 12.5. The van der Waals surface area contributed by atoms with Gasteiger partial charge in [-0.1, -0.05) is 139 Å². The van der Waals surface area contributed by atoms with Gasteiger partial charge in [0, 0.05) is 46.3 Å². The van der Waals surface area contributed by atoms with Crippen molar-refractivity contribution in [2.24, 2.45) is 10.8 Å². The van der Waals surface area contributed by atoms with Gasteiger partial charge in [0.05, 0.1) is 13.2 Å². The van der Waals surface area contributed by atoms with Crippen LogP contribution in [0.3, 0.4) is 0 Å². The Hall–Kier alpha value is -4.34. The van der Waals surface area contributed by atoms with Gasteiger partial charge in [0.2, 0.25) is 0 Å². The largest absolute Gasteiger partial charge is 0.472 e. The highest BCUT2D eigenvalue weighted by molar-refractivity contribution is 6.08. The number of anilines is 1. The zero-order valence-corrected chi connectivity index (χ0v) is 32.1. The standard InChI is InChI=1S/C49H53NO2/c1-45(2,3)33-16-18-34(19-17-33)49(35-20-22-36(23-21-35)50-26-28-51-29-27-50)25-24-40-43-42(37-12-8-9-13-38(37)44(40)52-49)39-14-10-11-15-41(39)48(43)31-46(4,5)30-47(6,7)32-48/h8-25H,26-32H2,1-7H3. The summed E-state index contributed by atoms with van der Waals surface area (Å²) in [5, 5.41) is 2.47. The van der Waals surface area contributed by atoms with Crippen molar-refractivity contribution >= 4 is 22.5 Å². The topological polar surface area (TPSA) is 21.7 Å². The molecule has 0 aromatic heterocycles. The maximum absolute atomic E-state index is 7.76. The van der Waals surface area contributed by atoms with E-state index >= 15 is 0 Å². The van der Waals surface area contributed by atoms with Crippen LogP contribution in [-0.4, -0.2) is 26.3 Å². The molecule has 266 valence electrons. The van der Waals surface area contributed by atoms with Crippen LogP contribution in [0.15, 0.2) is 103 Å². The lowest BCUT2D eigenvalue weighted by molar-refractivity contribution is 0.0642. The van der Waals surface area contributed by atoms with Gasteiger partial charge < -0.3 is 14.4 Å². The fraction of sp³-hybridized carbons (Fsp3) is 0.388. The van der Waals surface area contributed by atoms with Crippen LogP contribution in [-0.2, 0) is 21.2 Å². The van der Waals surface area contributed by atoms with E-state index in [1.54, 1.807) is 0 Å². The SMILES string of the molecule is CC1(C)CC(C)(C)CC2(C1)c1ccccc1-c1c2c2c(c3ccccc13)OC(c1ccc(N3CCOCC3)cc1)(c1ccc(C(C)(C)C)cc1)C=C2. The van der Waals surface area contributed by atoms with E-state index in [9.17, 15) is 0 Å². The van der Waals surface area contributed by atoms with Crippen LogP contribution in [0.4, 0.5) is 5.69 Å². The number of fused-ring (bicyclic) bond motifs is 10. The molecule has 5 aromatic carbocycles. The van der Waals surface area contributed by atoms with E-state index < -0.39 is 5.60 Å². The summed E-state index contributed by atoms with van der Waals surface area (Å²) in [6, 6.07) is 36.6. The molecule has 3 nitrogen and oxygen atoms in total. The number of rotatable bonds is 3. The lowest BCUT2D eigenvalue weighted by Crippen LogP contribution is -2.44. The Morgan fingerprint density at radius 1 is 0.654 bits per heavy atom. The van der Waals surface area contributed by atoms with Gasteiger partial charge in [0.25, 0.3) is 0 Å². The highest BCUT2D eigenvalue weighted by Gasteiger charge is 2.55. The first-order valence-corrected chi connectivity index (χ1v) is 19.4. The van der Waals surface area contributed by atoms with Crippen molar-refractivity contribution in [3.8, 4) is 16.9 Å². The predicted molar refractivity (Wildman–Crippen MR) is 217 cm³/mol. The van der Waals surface area contributed by atoms with Crippen LogP contribution >= 0.6 is 0 Å². The van der Waals surface area contributed by atoms with Crippen molar-refractivity contribution < 1.29 is 9.47 Å². The second-order valence-electron chi connectivity index (χ2n) is 18.7. The summed E-state index contributed by atoms with van der Waals surface area (Å²) < 4.78 is 13.4. The number of hydrogen-bond donors (Lipinski definition) is 0. The molecule has 0 N–H and O–H groups in total. The van der Waals surface area contributed by atoms with E-state index in [1.807, 2.05) is 0 Å². The summed E-state index contributed by atoms with van der Waals surface area (Å²) in [4.78, 5) is 2.42. The minimum Gasteiger partial charge on any atom is -0.472 e. The van der Waals surface area contributed by atoms with Gasteiger partial charge in [0.1, 0.15) is 5.75 Å².